The number of unbranched alkanes of at least 4 members (excludes halogenated alkanes) is 7. The Balaban J connectivity index is 1.52. The van der Waals surface area contributed by atoms with E-state index in [4.69, 9.17) is 4.98 Å². The van der Waals surface area contributed by atoms with E-state index in [2.05, 4.69) is 35.0 Å². The molecule has 0 atom stereocenters. The van der Waals surface area contributed by atoms with Gasteiger partial charge < -0.3 is 9.88 Å². The van der Waals surface area contributed by atoms with Gasteiger partial charge in [-0.15, -0.1) is 0 Å². The molecule has 0 radical (unpaired) electrons. The molecular formula is C26H35N3O. The minimum absolute atomic E-state index is 0.0265. The summed E-state index contributed by atoms with van der Waals surface area (Å²) in [6, 6.07) is 17.7. The highest BCUT2D eigenvalue weighted by Crippen LogP contribution is 2.18. The molecule has 0 unspecified atom stereocenters. The zero-order chi connectivity index (χ0) is 21.0. The molecule has 1 heterocycles. The van der Waals surface area contributed by atoms with Crippen molar-refractivity contribution in [3.63, 3.8) is 0 Å². The van der Waals surface area contributed by atoms with Gasteiger partial charge >= 0.3 is 0 Å². The van der Waals surface area contributed by atoms with Crippen LogP contribution in [0.2, 0.25) is 0 Å². The summed E-state index contributed by atoms with van der Waals surface area (Å²) < 4.78 is 2.35. The molecule has 4 nitrogen and oxygen atoms in total. The lowest BCUT2D eigenvalue weighted by Crippen LogP contribution is -2.26. The minimum Gasteiger partial charge on any atom is -0.352 e. The number of amides is 1. The highest BCUT2D eigenvalue weighted by atomic mass is 16.1. The van der Waals surface area contributed by atoms with Gasteiger partial charge in [0.05, 0.1) is 11.0 Å². The maximum Gasteiger partial charge on any atom is 0.251 e. The molecule has 3 aromatic rings. The Kier molecular flexibility index (Phi) is 8.95. The lowest BCUT2D eigenvalue weighted by atomic mass is 10.1. The minimum atomic E-state index is -0.0265. The molecule has 30 heavy (non-hydrogen) atoms. The number of imidazole rings is 1. The number of nitrogens with one attached hydrogen (secondary N) is 1. The predicted octanol–water partition coefficient (Wildman–Crippen LogP) is 6.15. The monoisotopic (exact) mass is 405 g/mol. The number of carbonyl (C=O) groups is 1. The molecule has 3 rings (SSSR count). The standard InChI is InChI=1S/C26H35N3O/c1-2-3-4-5-6-7-8-14-21-29-24-18-13-12-17-23(24)28-25(29)19-20-27-26(30)22-15-10-9-11-16-22/h9-13,15-18H,2-8,14,19-21H2,1H3,(H,27,30). The summed E-state index contributed by atoms with van der Waals surface area (Å²) in [6.45, 7) is 3.85. The van der Waals surface area contributed by atoms with Gasteiger partial charge in [-0.1, -0.05) is 82.2 Å². The average molecular weight is 406 g/mol. The van der Waals surface area contributed by atoms with E-state index in [0.29, 0.717) is 12.1 Å². The number of benzene rings is 2. The van der Waals surface area contributed by atoms with Crippen molar-refractivity contribution in [3.05, 3.63) is 66.0 Å². The van der Waals surface area contributed by atoms with Crippen LogP contribution in [0.15, 0.2) is 54.6 Å². The van der Waals surface area contributed by atoms with Crippen LogP contribution in [0.5, 0.6) is 0 Å². The van der Waals surface area contributed by atoms with E-state index >= 15 is 0 Å². The Morgan fingerprint density at radius 3 is 2.30 bits per heavy atom. The number of fused-ring (bicyclic) bond motifs is 1. The summed E-state index contributed by atoms with van der Waals surface area (Å²) in [4.78, 5) is 17.1. The van der Waals surface area contributed by atoms with Crippen molar-refractivity contribution in [2.24, 2.45) is 0 Å². The molecule has 1 amide bonds. The SMILES string of the molecule is CCCCCCCCCCn1c(CCNC(=O)c2ccccc2)nc2ccccc21. The Labute approximate surface area is 180 Å². The largest absolute Gasteiger partial charge is 0.352 e. The maximum absolute atomic E-state index is 12.3. The van der Waals surface area contributed by atoms with Gasteiger partial charge in [0.1, 0.15) is 5.82 Å². The van der Waals surface area contributed by atoms with Crippen LogP contribution in [0.25, 0.3) is 11.0 Å². The molecule has 0 aliphatic heterocycles. The molecule has 0 fully saturated rings. The molecule has 0 spiro atoms. The summed E-state index contributed by atoms with van der Waals surface area (Å²) in [5.74, 6) is 1.04. The Bertz CT molecular complexity index is 901. The van der Waals surface area contributed by atoms with Crippen LogP contribution >= 0.6 is 0 Å². The highest BCUT2D eigenvalue weighted by molar-refractivity contribution is 5.94. The summed E-state index contributed by atoms with van der Waals surface area (Å²) in [6.07, 6.45) is 11.3. The summed E-state index contributed by atoms with van der Waals surface area (Å²) in [5.41, 5.74) is 2.94. The molecule has 0 saturated carbocycles. The summed E-state index contributed by atoms with van der Waals surface area (Å²) in [7, 11) is 0. The van der Waals surface area contributed by atoms with Crippen LogP contribution < -0.4 is 5.32 Å². The second kappa shape index (κ2) is 12.2. The van der Waals surface area contributed by atoms with Crippen LogP contribution in [0.1, 0.15) is 74.5 Å². The number of hydrogen-bond donors (Lipinski definition) is 1. The van der Waals surface area contributed by atoms with Gasteiger partial charge in [0.15, 0.2) is 0 Å². The lowest BCUT2D eigenvalue weighted by molar-refractivity contribution is 0.0954. The fourth-order valence-electron chi connectivity index (χ4n) is 3.95. The van der Waals surface area contributed by atoms with Crippen molar-refractivity contribution in [1.82, 2.24) is 14.9 Å². The number of aromatic nitrogens is 2. The molecule has 0 bridgehead atoms. The summed E-state index contributed by atoms with van der Waals surface area (Å²) >= 11 is 0. The van der Waals surface area contributed by atoms with E-state index in [1.165, 1.54) is 56.9 Å². The molecule has 0 aliphatic carbocycles. The third-order valence-electron chi connectivity index (χ3n) is 5.64. The number of para-hydroxylation sites is 2. The normalized spacial score (nSPS) is 11.1. The first-order valence-corrected chi connectivity index (χ1v) is 11.6. The smallest absolute Gasteiger partial charge is 0.251 e. The molecule has 4 heteroatoms. The fourth-order valence-corrected chi connectivity index (χ4v) is 3.95. The van der Waals surface area contributed by atoms with Crippen molar-refractivity contribution in [2.75, 3.05) is 6.54 Å². The van der Waals surface area contributed by atoms with E-state index in [0.717, 1.165) is 24.3 Å². The first kappa shape index (κ1) is 22.1. The second-order valence-electron chi connectivity index (χ2n) is 8.02. The Morgan fingerprint density at radius 1 is 0.867 bits per heavy atom. The molecule has 0 aliphatic rings. The molecule has 0 saturated heterocycles. The quantitative estimate of drug-likeness (QED) is 0.347. The van der Waals surface area contributed by atoms with Gasteiger partial charge in [-0.25, -0.2) is 4.98 Å². The number of aryl methyl sites for hydroxylation is 1. The van der Waals surface area contributed by atoms with E-state index < -0.39 is 0 Å². The van der Waals surface area contributed by atoms with Crippen LogP contribution in [-0.4, -0.2) is 22.0 Å². The van der Waals surface area contributed by atoms with Crippen LogP contribution in [0.3, 0.4) is 0 Å². The van der Waals surface area contributed by atoms with Gasteiger partial charge in [0, 0.05) is 25.1 Å². The van der Waals surface area contributed by atoms with Gasteiger partial charge in [-0.2, -0.15) is 0 Å². The van der Waals surface area contributed by atoms with Crippen molar-refractivity contribution in [3.8, 4) is 0 Å². The molecule has 2 aromatic carbocycles. The maximum atomic E-state index is 12.3. The number of rotatable bonds is 13. The van der Waals surface area contributed by atoms with Crippen LogP contribution in [0.4, 0.5) is 0 Å². The van der Waals surface area contributed by atoms with E-state index in [1.807, 2.05) is 36.4 Å². The number of carbonyl (C=O) groups excluding carboxylic acids is 1. The lowest BCUT2D eigenvalue weighted by Gasteiger charge is -2.10. The number of hydrogen-bond acceptors (Lipinski definition) is 2. The topological polar surface area (TPSA) is 46.9 Å². The van der Waals surface area contributed by atoms with Crippen molar-refractivity contribution in [1.29, 1.82) is 0 Å². The molecule has 1 aromatic heterocycles. The van der Waals surface area contributed by atoms with E-state index in [-0.39, 0.29) is 5.91 Å². The van der Waals surface area contributed by atoms with E-state index in [1.54, 1.807) is 0 Å². The Hall–Kier alpha value is -2.62. The predicted molar refractivity (Wildman–Crippen MR) is 125 cm³/mol. The number of nitrogens with zero attached hydrogens (tertiary/aromatic N) is 2. The third kappa shape index (κ3) is 6.45. The third-order valence-corrected chi connectivity index (χ3v) is 5.64. The van der Waals surface area contributed by atoms with Crippen LogP contribution in [-0.2, 0) is 13.0 Å². The first-order chi connectivity index (χ1) is 14.8. The zero-order valence-corrected chi connectivity index (χ0v) is 18.3. The molecule has 1 N–H and O–H groups in total. The van der Waals surface area contributed by atoms with Crippen molar-refractivity contribution < 1.29 is 4.79 Å². The highest BCUT2D eigenvalue weighted by Gasteiger charge is 2.11. The van der Waals surface area contributed by atoms with Crippen molar-refractivity contribution >= 4 is 16.9 Å². The fraction of sp³-hybridized carbons (Fsp3) is 0.462. The van der Waals surface area contributed by atoms with Gasteiger partial charge in [-0.3, -0.25) is 4.79 Å². The molecular weight excluding hydrogens is 370 g/mol. The average Bonchev–Trinajstić information content (AvgIpc) is 3.13. The van der Waals surface area contributed by atoms with Crippen molar-refractivity contribution in [2.45, 2.75) is 71.3 Å². The Morgan fingerprint density at radius 2 is 1.53 bits per heavy atom. The van der Waals surface area contributed by atoms with Gasteiger partial charge in [0.2, 0.25) is 0 Å². The second-order valence-corrected chi connectivity index (χ2v) is 8.02. The summed E-state index contributed by atoms with van der Waals surface area (Å²) in [5, 5.41) is 3.03. The van der Waals surface area contributed by atoms with Gasteiger partial charge in [0.25, 0.3) is 5.91 Å². The first-order valence-electron chi connectivity index (χ1n) is 11.6. The van der Waals surface area contributed by atoms with Crippen LogP contribution in [0, 0.1) is 0 Å². The van der Waals surface area contributed by atoms with Gasteiger partial charge in [-0.05, 0) is 30.7 Å². The zero-order valence-electron chi connectivity index (χ0n) is 18.3. The molecule has 160 valence electrons. The van der Waals surface area contributed by atoms with E-state index in [9.17, 15) is 4.79 Å².